The molecule has 5 heteroatoms. The molecule has 1 fully saturated rings. The van der Waals surface area contributed by atoms with Crippen molar-refractivity contribution in [3.63, 3.8) is 0 Å². The second-order valence-corrected chi connectivity index (χ2v) is 10.9. The molecule has 0 unspecified atom stereocenters. The minimum Gasteiger partial charge on any atom is -0.352 e. The molecule has 2 aliphatic heterocycles. The number of anilines is 2. The van der Waals surface area contributed by atoms with Gasteiger partial charge in [0.2, 0.25) is 0 Å². The summed E-state index contributed by atoms with van der Waals surface area (Å²) in [6.45, 7) is 11.1. The van der Waals surface area contributed by atoms with E-state index in [2.05, 4.69) is 74.4 Å². The van der Waals surface area contributed by atoms with Crippen LogP contribution in [0.4, 0.5) is 11.4 Å². The number of quaternary nitrogens is 1. The number of likely N-dealkylation sites (N-methyl/N-ethyl adjacent to an activating group) is 1. The molecule has 4 rings (SSSR count). The smallest absolute Gasteiger partial charge is 0.251 e. The summed E-state index contributed by atoms with van der Waals surface area (Å²) in [6, 6.07) is 15.2. The summed E-state index contributed by atoms with van der Waals surface area (Å²) >= 11 is 1.81. The Labute approximate surface area is 191 Å². The van der Waals surface area contributed by atoms with Crippen molar-refractivity contribution in [1.29, 1.82) is 0 Å². The largest absolute Gasteiger partial charge is 0.352 e. The van der Waals surface area contributed by atoms with Gasteiger partial charge in [-0.25, -0.2) is 0 Å². The lowest BCUT2D eigenvalue weighted by molar-refractivity contribution is -0.898. The zero-order valence-electron chi connectivity index (χ0n) is 19.4. The first-order valence-corrected chi connectivity index (χ1v) is 12.5. The van der Waals surface area contributed by atoms with Gasteiger partial charge in [-0.3, -0.25) is 4.79 Å². The van der Waals surface area contributed by atoms with E-state index in [0.717, 1.165) is 29.6 Å². The van der Waals surface area contributed by atoms with Crippen LogP contribution in [0.25, 0.3) is 0 Å². The van der Waals surface area contributed by atoms with E-state index < -0.39 is 0 Å². The lowest BCUT2D eigenvalue weighted by Gasteiger charge is -2.41. The van der Waals surface area contributed by atoms with Gasteiger partial charge in [-0.2, -0.15) is 0 Å². The maximum atomic E-state index is 12.8. The Balaban J connectivity index is 1.64. The number of hydrogen-bond acceptors (Lipinski definition) is 3. The molecule has 2 heterocycles. The van der Waals surface area contributed by atoms with Crippen molar-refractivity contribution in [2.24, 2.45) is 5.92 Å². The molecule has 0 saturated carbocycles. The highest BCUT2D eigenvalue weighted by molar-refractivity contribution is 7.99. The molecule has 2 aliphatic rings. The van der Waals surface area contributed by atoms with E-state index >= 15 is 0 Å². The van der Waals surface area contributed by atoms with Crippen LogP contribution in [-0.2, 0) is 0 Å². The number of nitrogens with one attached hydrogen (secondary N) is 1. The fourth-order valence-electron chi connectivity index (χ4n) is 4.98. The molecule has 2 aromatic rings. The van der Waals surface area contributed by atoms with Gasteiger partial charge in [-0.05, 0) is 49.6 Å². The fourth-order valence-corrected chi connectivity index (χ4v) is 6.03. The molecule has 0 bridgehead atoms. The number of para-hydroxylation sites is 1. The Bertz CT molecular complexity index is 936. The minimum absolute atomic E-state index is 0.0263. The second kappa shape index (κ2) is 9.25. The average molecular weight is 439 g/mol. The van der Waals surface area contributed by atoms with Crippen LogP contribution < -0.4 is 10.2 Å². The first-order valence-electron chi connectivity index (χ1n) is 11.7. The van der Waals surface area contributed by atoms with Gasteiger partial charge < -0.3 is 14.7 Å². The van der Waals surface area contributed by atoms with Gasteiger partial charge in [0.15, 0.2) is 0 Å². The summed E-state index contributed by atoms with van der Waals surface area (Å²) < 4.78 is 1.14. The van der Waals surface area contributed by atoms with Crippen LogP contribution >= 0.6 is 11.8 Å². The van der Waals surface area contributed by atoms with Crippen molar-refractivity contribution in [3.05, 3.63) is 48.0 Å². The molecule has 0 radical (unpaired) electrons. The van der Waals surface area contributed by atoms with Crippen molar-refractivity contribution in [3.8, 4) is 0 Å². The zero-order chi connectivity index (χ0) is 22.0. The van der Waals surface area contributed by atoms with Crippen LogP contribution in [0.2, 0.25) is 0 Å². The number of carbonyl (C=O) groups excluding carboxylic acids is 1. The summed E-state index contributed by atoms with van der Waals surface area (Å²) in [7, 11) is 2.40. The van der Waals surface area contributed by atoms with Crippen LogP contribution in [0.3, 0.4) is 0 Å². The van der Waals surface area contributed by atoms with Crippen LogP contribution in [0.5, 0.6) is 0 Å². The topological polar surface area (TPSA) is 32.3 Å². The fraction of sp³-hybridized carbons (Fsp3) is 0.500. The molecule has 0 spiro atoms. The molecule has 1 saturated heterocycles. The Morgan fingerprint density at radius 1 is 1.06 bits per heavy atom. The van der Waals surface area contributed by atoms with Crippen molar-refractivity contribution in [2.45, 2.75) is 55.9 Å². The highest BCUT2D eigenvalue weighted by atomic mass is 32.2. The van der Waals surface area contributed by atoms with E-state index in [0.29, 0.717) is 12.0 Å². The summed E-state index contributed by atoms with van der Waals surface area (Å²) in [5.41, 5.74) is 3.18. The minimum atomic E-state index is 0.0263. The van der Waals surface area contributed by atoms with Gasteiger partial charge in [-0.1, -0.05) is 37.7 Å². The first-order chi connectivity index (χ1) is 14.9. The van der Waals surface area contributed by atoms with Crippen molar-refractivity contribution < 1.29 is 9.28 Å². The number of fused-ring (bicyclic) bond motifs is 2. The maximum Gasteiger partial charge on any atom is 0.251 e. The molecule has 2 aromatic carbocycles. The van der Waals surface area contributed by atoms with Gasteiger partial charge in [0.25, 0.3) is 5.91 Å². The summed E-state index contributed by atoms with van der Waals surface area (Å²) in [5, 5.41) is 3.10. The molecular weight excluding hydrogens is 402 g/mol. The van der Waals surface area contributed by atoms with Crippen LogP contribution in [-0.4, -0.2) is 49.7 Å². The Morgan fingerprint density at radius 3 is 2.52 bits per heavy atom. The number of rotatable bonds is 7. The predicted molar refractivity (Wildman–Crippen MR) is 130 cm³/mol. The Morgan fingerprint density at radius 2 is 1.77 bits per heavy atom. The molecule has 0 aromatic heterocycles. The number of likely N-dealkylation sites (tertiary alicyclic amines) is 1. The van der Waals surface area contributed by atoms with Gasteiger partial charge in [-0.15, -0.1) is 0 Å². The quantitative estimate of drug-likeness (QED) is 0.563. The number of amides is 1. The molecular formula is C26H36N3OS+. The first kappa shape index (κ1) is 22.2. The molecule has 0 aliphatic carbocycles. The molecule has 4 nitrogen and oxygen atoms in total. The summed E-state index contributed by atoms with van der Waals surface area (Å²) in [6.07, 6.45) is 3.65. The van der Waals surface area contributed by atoms with E-state index in [1.807, 2.05) is 17.8 Å². The average Bonchev–Trinajstić information content (AvgIpc) is 3.16. The highest BCUT2D eigenvalue weighted by Crippen LogP contribution is 2.49. The third kappa shape index (κ3) is 4.93. The van der Waals surface area contributed by atoms with Crippen LogP contribution in [0.1, 0.15) is 50.4 Å². The lowest BCUT2D eigenvalue weighted by Crippen LogP contribution is -2.50. The molecule has 1 atom stereocenters. The lowest BCUT2D eigenvalue weighted by atomic mass is 10.1. The van der Waals surface area contributed by atoms with Gasteiger partial charge in [0, 0.05) is 34.7 Å². The SMILES string of the molecule is CC(C)CCNC(=O)c1ccc2c(c1)N([C@H](C)C[N+]1(C)CCCC1)c1ccccc1S2. The number of nitrogens with zero attached hydrogens (tertiary/aromatic N) is 2. The van der Waals surface area contributed by atoms with E-state index in [-0.39, 0.29) is 5.91 Å². The number of hydrogen-bond donors (Lipinski definition) is 1. The third-order valence-electron chi connectivity index (χ3n) is 6.62. The van der Waals surface area contributed by atoms with Gasteiger partial charge in [0.05, 0.1) is 44.1 Å². The molecule has 166 valence electrons. The summed E-state index contributed by atoms with van der Waals surface area (Å²) in [5.74, 6) is 0.613. The van der Waals surface area contributed by atoms with Crippen LogP contribution in [0, 0.1) is 5.92 Å². The number of benzene rings is 2. The third-order valence-corrected chi connectivity index (χ3v) is 7.75. The van der Waals surface area contributed by atoms with E-state index in [9.17, 15) is 4.79 Å². The monoisotopic (exact) mass is 438 g/mol. The van der Waals surface area contributed by atoms with Crippen molar-refractivity contribution in [1.82, 2.24) is 5.32 Å². The molecule has 1 amide bonds. The Kier molecular flexibility index (Phi) is 6.63. The van der Waals surface area contributed by atoms with Gasteiger partial charge >= 0.3 is 0 Å². The Hall–Kier alpha value is -1.98. The predicted octanol–water partition coefficient (Wildman–Crippen LogP) is 5.69. The van der Waals surface area contributed by atoms with E-state index in [1.165, 1.54) is 47.1 Å². The molecule has 1 N–H and O–H groups in total. The van der Waals surface area contributed by atoms with E-state index in [1.54, 1.807) is 0 Å². The maximum absolute atomic E-state index is 12.8. The highest BCUT2D eigenvalue weighted by Gasteiger charge is 2.34. The standard InChI is InChI=1S/C26H35N3OS/c1-19(2)13-14-27-26(30)21-11-12-25-23(17-21)28(22-9-5-6-10-24(22)31-25)20(3)18-29(4)15-7-8-16-29/h5-6,9-12,17,19-20H,7-8,13-16,18H2,1-4H3/p+1/t20-/m1/s1. The van der Waals surface area contributed by atoms with Gasteiger partial charge in [0.1, 0.15) is 0 Å². The van der Waals surface area contributed by atoms with E-state index in [4.69, 9.17) is 0 Å². The summed E-state index contributed by atoms with van der Waals surface area (Å²) in [4.78, 5) is 17.8. The zero-order valence-corrected chi connectivity index (χ0v) is 20.2. The van der Waals surface area contributed by atoms with Crippen molar-refractivity contribution >= 4 is 29.0 Å². The van der Waals surface area contributed by atoms with Crippen LogP contribution in [0.15, 0.2) is 52.3 Å². The normalized spacial score (nSPS) is 17.9. The molecule has 31 heavy (non-hydrogen) atoms. The second-order valence-electron chi connectivity index (χ2n) is 9.87. The number of carbonyl (C=O) groups is 1. The van der Waals surface area contributed by atoms with Crippen molar-refractivity contribution in [2.75, 3.05) is 38.1 Å².